The summed E-state index contributed by atoms with van der Waals surface area (Å²) in [5.74, 6) is 2.11. The number of carbonyl (C=O) groups excluding carboxylic acids is 1. The van der Waals surface area contributed by atoms with Crippen LogP contribution in [-0.2, 0) is 12.8 Å². The maximum atomic E-state index is 13.3. The summed E-state index contributed by atoms with van der Waals surface area (Å²) in [5, 5.41) is 3.01. The molecule has 1 heterocycles. The maximum Gasteiger partial charge on any atom is 0.322 e. The van der Waals surface area contributed by atoms with Crippen molar-refractivity contribution in [2.24, 2.45) is 0 Å². The van der Waals surface area contributed by atoms with Crippen molar-refractivity contribution in [2.45, 2.75) is 25.8 Å². The third-order valence-corrected chi connectivity index (χ3v) is 6.03. The Labute approximate surface area is 195 Å². The standard InChI is InChI=1S/C27H30N2O4/c1-4-19-10-12-22(13-11-19)33-18-24-23-17-26(32-3)25(31-2)16-20(23)14-15-29(24)27(30)28-21-8-6-5-7-9-21/h5-13,16-17,24H,4,14-15,18H2,1-3H3,(H,28,30)/t24-/m0/s1. The molecule has 3 aromatic rings. The fraction of sp³-hybridized carbons (Fsp3) is 0.296. The summed E-state index contributed by atoms with van der Waals surface area (Å²) in [6, 6.07) is 21.1. The van der Waals surface area contributed by atoms with Crippen LogP contribution in [0, 0.1) is 0 Å². The second-order valence-electron chi connectivity index (χ2n) is 7.97. The quantitative estimate of drug-likeness (QED) is 0.522. The van der Waals surface area contributed by atoms with Crippen molar-refractivity contribution in [1.82, 2.24) is 4.90 Å². The van der Waals surface area contributed by atoms with E-state index in [4.69, 9.17) is 14.2 Å². The normalized spacial score (nSPS) is 14.9. The molecule has 4 rings (SSSR count). The topological polar surface area (TPSA) is 60.0 Å². The lowest BCUT2D eigenvalue weighted by atomic mass is 9.92. The highest BCUT2D eigenvalue weighted by molar-refractivity contribution is 5.89. The molecule has 0 aliphatic carbocycles. The van der Waals surface area contributed by atoms with E-state index in [2.05, 4.69) is 24.4 Å². The van der Waals surface area contributed by atoms with Crippen LogP contribution in [0.5, 0.6) is 17.2 Å². The Kier molecular flexibility index (Phi) is 7.03. The van der Waals surface area contributed by atoms with Crippen LogP contribution in [0.15, 0.2) is 66.7 Å². The lowest BCUT2D eigenvalue weighted by Crippen LogP contribution is -2.44. The monoisotopic (exact) mass is 446 g/mol. The molecule has 0 fully saturated rings. The highest BCUT2D eigenvalue weighted by Gasteiger charge is 2.33. The number of carbonyl (C=O) groups is 1. The van der Waals surface area contributed by atoms with Gasteiger partial charge in [-0.05, 0) is 65.9 Å². The molecule has 0 saturated heterocycles. The lowest BCUT2D eigenvalue weighted by molar-refractivity contribution is 0.144. The summed E-state index contributed by atoms with van der Waals surface area (Å²) in [4.78, 5) is 15.1. The first-order valence-electron chi connectivity index (χ1n) is 11.2. The third-order valence-electron chi connectivity index (χ3n) is 6.03. The van der Waals surface area contributed by atoms with E-state index >= 15 is 0 Å². The summed E-state index contributed by atoms with van der Waals surface area (Å²) in [6.07, 6.45) is 1.70. The first kappa shape index (κ1) is 22.5. The predicted octanol–water partition coefficient (Wildman–Crippen LogP) is 5.48. The van der Waals surface area contributed by atoms with E-state index in [1.807, 2.05) is 59.5 Å². The van der Waals surface area contributed by atoms with Gasteiger partial charge >= 0.3 is 6.03 Å². The molecule has 0 spiro atoms. The van der Waals surface area contributed by atoms with Crippen molar-refractivity contribution in [3.63, 3.8) is 0 Å². The summed E-state index contributed by atoms with van der Waals surface area (Å²) in [5.41, 5.74) is 4.15. The highest BCUT2D eigenvalue weighted by Crippen LogP contribution is 2.38. The van der Waals surface area contributed by atoms with Gasteiger partial charge in [0.05, 0.1) is 20.3 Å². The van der Waals surface area contributed by atoms with E-state index in [0.29, 0.717) is 24.7 Å². The van der Waals surface area contributed by atoms with Gasteiger partial charge in [0.15, 0.2) is 11.5 Å². The van der Waals surface area contributed by atoms with Crippen LogP contribution in [0.4, 0.5) is 10.5 Å². The lowest BCUT2D eigenvalue weighted by Gasteiger charge is -2.37. The number of nitrogens with one attached hydrogen (secondary N) is 1. The zero-order valence-corrected chi connectivity index (χ0v) is 19.3. The van der Waals surface area contributed by atoms with Crippen molar-refractivity contribution in [1.29, 1.82) is 0 Å². The second kappa shape index (κ2) is 10.3. The van der Waals surface area contributed by atoms with Gasteiger partial charge in [-0.25, -0.2) is 4.79 Å². The van der Waals surface area contributed by atoms with Crippen LogP contribution in [-0.4, -0.2) is 38.3 Å². The number of benzene rings is 3. The minimum absolute atomic E-state index is 0.156. The number of rotatable bonds is 7. The molecule has 6 nitrogen and oxygen atoms in total. The molecule has 0 bridgehead atoms. The molecule has 33 heavy (non-hydrogen) atoms. The zero-order chi connectivity index (χ0) is 23.2. The molecule has 1 aliphatic heterocycles. The van der Waals surface area contributed by atoms with E-state index in [0.717, 1.165) is 35.4 Å². The van der Waals surface area contributed by atoms with Gasteiger partial charge in [-0.3, -0.25) is 0 Å². The molecule has 0 unspecified atom stereocenters. The van der Waals surface area contributed by atoms with Crippen LogP contribution in [0.1, 0.15) is 29.7 Å². The molecular weight excluding hydrogens is 416 g/mol. The average molecular weight is 447 g/mol. The Morgan fingerprint density at radius 1 is 1.00 bits per heavy atom. The molecule has 1 aliphatic rings. The molecule has 172 valence electrons. The number of amides is 2. The Morgan fingerprint density at radius 3 is 2.36 bits per heavy atom. The third kappa shape index (κ3) is 5.06. The molecule has 6 heteroatoms. The van der Waals surface area contributed by atoms with E-state index in [9.17, 15) is 4.79 Å². The minimum Gasteiger partial charge on any atom is -0.493 e. The molecule has 0 saturated carbocycles. The number of methoxy groups -OCH3 is 2. The Hall–Kier alpha value is -3.67. The SMILES string of the molecule is CCc1ccc(OC[C@H]2c3cc(OC)c(OC)cc3CCN2C(=O)Nc2ccccc2)cc1. The number of ether oxygens (including phenoxy) is 3. The number of nitrogens with zero attached hydrogens (tertiary/aromatic N) is 1. The van der Waals surface area contributed by atoms with Gasteiger partial charge in [-0.15, -0.1) is 0 Å². The molecule has 2 amide bonds. The number of anilines is 1. The summed E-state index contributed by atoms with van der Waals surface area (Å²) >= 11 is 0. The highest BCUT2D eigenvalue weighted by atomic mass is 16.5. The van der Waals surface area contributed by atoms with Gasteiger partial charge in [0, 0.05) is 12.2 Å². The van der Waals surface area contributed by atoms with Crippen LogP contribution >= 0.6 is 0 Å². The van der Waals surface area contributed by atoms with Crippen molar-refractivity contribution in [2.75, 3.05) is 32.7 Å². The summed E-state index contributed by atoms with van der Waals surface area (Å²) in [7, 11) is 3.25. The maximum absolute atomic E-state index is 13.3. The van der Waals surface area contributed by atoms with Crippen LogP contribution in [0.25, 0.3) is 0 Å². The Bertz CT molecular complexity index is 1080. The average Bonchev–Trinajstić information content (AvgIpc) is 2.87. The number of urea groups is 1. The number of aryl methyl sites for hydroxylation is 1. The van der Waals surface area contributed by atoms with Gasteiger partial charge in [0.1, 0.15) is 12.4 Å². The molecule has 0 radical (unpaired) electrons. The largest absolute Gasteiger partial charge is 0.493 e. The Morgan fingerprint density at radius 2 is 1.70 bits per heavy atom. The zero-order valence-electron chi connectivity index (χ0n) is 19.3. The van der Waals surface area contributed by atoms with E-state index in [1.54, 1.807) is 14.2 Å². The fourth-order valence-electron chi connectivity index (χ4n) is 4.16. The molecule has 0 aromatic heterocycles. The van der Waals surface area contributed by atoms with E-state index in [1.165, 1.54) is 5.56 Å². The van der Waals surface area contributed by atoms with Crippen molar-refractivity contribution in [3.05, 3.63) is 83.4 Å². The van der Waals surface area contributed by atoms with Crippen molar-refractivity contribution in [3.8, 4) is 17.2 Å². The first-order valence-corrected chi connectivity index (χ1v) is 11.2. The predicted molar refractivity (Wildman–Crippen MR) is 129 cm³/mol. The van der Waals surface area contributed by atoms with Crippen LogP contribution < -0.4 is 19.5 Å². The van der Waals surface area contributed by atoms with E-state index in [-0.39, 0.29) is 12.1 Å². The second-order valence-corrected chi connectivity index (χ2v) is 7.97. The molecule has 1 atom stereocenters. The Balaban J connectivity index is 1.63. The van der Waals surface area contributed by atoms with Gasteiger partial charge in [0.25, 0.3) is 0 Å². The van der Waals surface area contributed by atoms with Gasteiger partial charge in [-0.2, -0.15) is 0 Å². The minimum atomic E-state index is -0.275. The number of hydrogen-bond acceptors (Lipinski definition) is 4. The van der Waals surface area contributed by atoms with Gasteiger partial charge in [0.2, 0.25) is 0 Å². The number of fused-ring (bicyclic) bond motifs is 1. The molecule has 1 N–H and O–H groups in total. The first-order chi connectivity index (χ1) is 16.1. The van der Waals surface area contributed by atoms with Crippen LogP contribution in [0.3, 0.4) is 0 Å². The van der Waals surface area contributed by atoms with E-state index < -0.39 is 0 Å². The molecule has 3 aromatic carbocycles. The smallest absolute Gasteiger partial charge is 0.322 e. The molecular formula is C27H30N2O4. The van der Waals surface area contributed by atoms with Crippen molar-refractivity contribution < 1.29 is 19.0 Å². The fourth-order valence-corrected chi connectivity index (χ4v) is 4.16. The summed E-state index contributed by atoms with van der Waals surface area (Å²) in [6.45, 7) is 3.03. The van der Waals surface area contributed by atoms with Crippen LogP contribution in [0.2, 0.25) is 0 Å². The van der Waals surface area contributed by atoms with Crippen molar-refractivity contribution >= 4 is 11.7 Å². The summed E-state index contributed by atoms with van der Waals surface area (Å²) < 4.78 is 17.2. The number of para-hydroxylation sites is 1. The number of hydrogen-bond donors (Lipinski definition) is 1. The van der Waals surface area contributed by atoms with Gasteiger partial charge < -0.3 is 24.4 Å². The van der Waals surface area contributed by atoms with Gasteiger partial charge in [-0.1, -0.05) is 37.3 Å².